The fourth-order valence-electron chi connectivity index (χ4n) is 3.31. The lowest BCUT2D eigenvalue weighted by Gasteiger charge is -2.15. The van der Waals surface area contributed by atoms with E-state index in [-0.39, 0.29) is 5.91 Å². The van der Waals surface area contributed by atoms with E-state index in [1.807, 2.05) is 4.90 Å². The predicted molar refractivity (Wildman–Crippen MR) is 80.1 cm³/mol. The summed E-state index contributed by atoms with van der Waals surface area (Å²) in [6, 6.07) is 8.12. The van der Waals surface area contributed by atoms with Crippen molar-refractivity contribution in [2.75, 3.05) is 19.7 Å². The van der Waals surface area contributed by atoms with Crippen LogP contribution in [0, 0.1) is 6.92 Å². The van der Waals surface area contributed by atoms with Gasteiger partial charge in [0.2, 0.25) is 0 Å². The van der Waals surface area contributed by atoms with Crippen LogP contribution in [-0.2, 0) is 6.42 Å². The van der Waals surface area contributed by atoms with Crippen molar-refractivity contribution in [1.82, 2.24) is 10.1 Å². The summed E-state index contributed by atoms with van der Waals surface area (Å²) in [5.74, 6) is 2.03. The summed E-state index contributed by atoms with van der Waals surface area (Å²) in [4.78, 5) is 14.3. The molecule has 0 bridgehead atoms. The number of likely N-dealkylation sites (tertiary alicyclic amines) is 1. The number of benzene rings is 1. The van der Waals surface area contributed by atoms with Gasteiger partial charge in [0.05, 0.1) is 6.61 Å². The summed E-state index contributed by atoms with van der Waals surface area (Å²) >= 11 is 0. The fraction of sp³-hybridized carbons (Fsp3) is 0.412. The predicted octanol–water partition coefficient (Wildman–Crippen LogP) is 2.55. The van der Waals surface area contributed by atoms with Gasteiger partial charge in [-0.15, -0.1) is 0 Å². The number of fused-ring (bicyclic) bond motifs is 1. The SMILES string of the molecule is Cc1cc(C(=O)N2CCC(c3ccc4c(c3)CCO4)C2)no1. The molecule has 0 saturated carbocycles. The van der Waals surface area contributed by atoms with Crippen LogP contribution >= 0.6 is 0 Å². The number of aryl methyl sites for hydroxylation is 1. The molecule has 1 aromatic carbocycles. The minimum Gasteiger partial charge on any atom is -0.493 e. The second kappa shape index (κ2) is 5.16. The average molecular weight is 298 g/mol. The quantitative estimate of drug-likeness (QED) is 0.855. The summed E-state index contributed by atoms with van der Waals surface area (Å²) in [6.07, 6.45) is 1.97. The van der Waals surface area contributed by atoms with Crippen LogP contribution in [0.2, 0.25) is 0 Å². The summed E-state index contributed by atoms with van der Waals surface area (Å²) in [7, 11) is 0. The maximum atomic E-state index is 12.4. The molecule has 1 saturated heterocycles. The second-order valence-electron chi connectivity index (χ2n) is 6.03. The van der Waals surface area contributed by atoms with Crippen LogP contribution < -0.4 is 4.74 Å². The molecule has 1 amide bonds. The standard InChI is InChI=1S/C17H18N2O3/c1-11-8-15(18-22-11)17(20)19-6-4-14(10-19)12-2-3-16-13(9-12)5-7-21-16/h2-3,8-9,14H,4-7,10H2,1H3. The van der Waals surface area contributed by atoms with Gasteiger partial charge < -0.3 is 14.2 Å². The zero-order valence-corrected chi connectivity index (χ0v) is 12.5. The minimum atomic E-state index is -0.0381. The lowest BCUT2D eigenvalue weighted by molar-refractivity contribution is 0.0780. The number of aromatic nitrogens is 1. The Morgan fingerprint density at radius 3 is 3.09 bits per heavy atom. The first-order valence-corrected chi connectivity index (χ1v) is 7.69. The molecule has 1 fully saturated rings. The lowest BCUT2D eigenvalue weighted by Crippen LogP contribution is -2.28. The molecule has 0 radical (unpaired) electrons. The molecule has 0 spiro atoms. The van der Waals surface area contributed by atoms with Crippen LogP contribution in [0.25, 0.3) is 0 Å². The van der Waals surface area contributed by atoms with Gasteiger partial charge in [-0.2, -0.15) is 0 Å². The first-order chi connectivity index (χ1) is 10.7. The number of carbonyl (C=O) groups excluding carboxylic acids is 1. The molecule has 2 aliphatic heterocycles. The van der Waals surface area contributed by atoms with Gasteiger partial charge in [0.25, 0.3) is 5.91 Å². The highest BCUT2D eigenvalue weighted by Gasteiger charge is 2.30. The molecule has 22 heavy (non-hydrogen) atoms. The molecule has 5 heteroatoms. The Bertz CT molecular complexity index is 722. The number of ether oxygens (including phenoxy) is 1. The Morgan fingerprint density at radius 1 is 1.36 bits per heavy atom. The topological polar surface area (TPSA) is 55.6 Å². The molecule has 3 heterocycles. The summed E-state index contributed by atoms with van der Waals surface area (Å²) < 4.78 is 10.5. The highest BCUT2D eigenvalue weighted by atomic mass is 16.5. The van der Waals surface area contributed by atoms with Gasteiger partial charge >= 0.3 is 0 Å². The number of hydrogen-bond acceptors (Lipinski definition) is 4. The Hall–Kier alpha value is -2.30. The molecule has 114 valence electrons. The maximum absolute atomic E-state index is 12.4. The van der Waals surface area contributed by atoms with E-state index in [1.54, 1.807) is 13.0 Å². The van der Waals surface area contributed by atoms with Crippen molar-refractivity contribution in [3.8, 4) is 5.75 Å². The maximum Gasteiger partial charge on any atom is 0.276 e. The fourth-order valence-corrected chi connectivity index (χ4v) is 3.31. The Morgan fingerprint density at radius 2 is 2.27 bits per heavy atom. The van der Waals surface area contributed by atoms with E-state index in [9.17, 15) is 4.79 Å². The second-order valence-corrected chi connectivity index (χ2v) is 6.03. The van der Waals surface area contributed by atoms with E-state index in [4.69, 9.17) is 9.26 Å². The third-order valence-electron chi connectivity index (χ3n) is 4.51. The Balaban J connectivity index is 1.49. The number of nitrogens with zero attached hydrogens (tertiary/aromatic N) is 2. The molecule has 1 unspecified atom stereocenters. The normalized spacial score (nSPS) is 20.0. The number of amides is 1. The summed E-state index contributed by atoms with van der Waals surface area (Å²) in [5.41, 5.74) is 2.99. The highest BCUT2D eigenvalue weighted by molar-refractivity contribution is 5.92. The van der Waals surface area contributed by atoms with E-state index >= 15 is 0 Å². The first-order valence-electron chi connectivity index (χ1n) is 7.69. The van der Waals surface area contributed by atoms with E-state index in [0.29, 0.717) is 17.4 Å². The average Bonchev–Trinajstić information content (AvgIpc) is 3.25. The van der Waals surface area contributed by atoms with Crippen molar-refractivity contribution in [3.05, 3.63) is 46.8 Å². The van der Waals surface area contributed by atoms with E-state index in [0.717, 1.165) is 38.3 Å². The highest BCUT2D eigenvalue weighted by Crippen LogP contribution is 2.33. The molecule has 1 aromatic heterocycles. The van der Waals surface area contributed by atoms with Gasteiger partial charge in [0.1, 0.15) is 11.5 Å². The van der Waals surface area contributed by atoms with Gasteiger partial charge in [-0.1, -0.05) is 17.3 Å². The Kier molecular flexibility index (Phi) is 3.13. The number of carbonyl (C=O) groups is 1. The van der Waals surface area contributed by atoms with Crippen LogP contribution in [0.5, 0.6) is 5.75 Å². The van der Waals surface area contributed by atoms with E-state index in [2.05, 4.69) is 23.4 Å². The summed E-state index contributed by atoms with van der Waals surface area (Å²) in [5, 5.41) is 3.82. The molecule has 0 aliphatic carbocycles. The zero-order chi connectivity index (χ0) is 15.1. The van der Waals surface area contributed by atoms with E-state index in [1.165, 1.54) is 11.1 Å². The zero-order valence-electron chi connectivity index (χ0n) is 12.5. The monoisotopic (exact) mass is 298 g/mol. The largest absolute Gasteiger partial charge is 0.493 e. The van der Waals surface area contributed by atoms with Crippen molar-refractivity contribution < 1.29 is 14.1 Å². The van der Waals surface area contributed by atoms with Crippen molar-refractivity contribution in [1.29, 1.82) is 0 Å². The van der Waals surface area contributed by atoms with Crippen molar-refractivity contribution in [2.45, 2.75) is 25.7 Å². The van der Waals surface area contributed by atoms with Crippen molar-refractivity contribution in [3.63, 3.8) is 0 Å². The van der Waals surface area contributed by atoms with Gasteiger partial charge in [-0.3, -0.25) is 4.79 Å². The van der Waals surface area contributed by atoms with Crippen LogP contribution in [0.3, 0.4) is 0 Å². The van der Waals surface area contributed by atoms with Crippen LogP contribution in [0.15, 0.2) is 28.8 Å². The third kappa shape index (κ3) is 2.26. The first kappa shape index (κ1) is 13.4. The number of hydrogen-bond donors (Lipinski definition) is 0. The Labute approximate surface area is 128 Å². The molecule has 4 rings (SSSR count). The van der Waals surface area contributed by atoms with Crippen LogP contribution in [-0.4, -0.2) is 35.7 Å². The van der Waals surface area contributed by atoms with E-state index < -0.39 is 0 Å². The molecular weight excluding hydrogens is 280 g/mol. The molecule has 2 aliphatic rings. The lowest BCUT2D eigenvalue weighted by atomic mass is 9.96. The molecule has 0 N–H and O–H groups in total. The molecular formula is C17H18N2O3. The number of rotatable bonds is 2. The van der Waals surface area contributed by atoms with Gasteiger partial charge in [-0.25, -0.2) is 0 Å². The van der Waals surface area contributed by atoms with Gasteiger partial charge in [-0.05, 0) is 30.5 Å². The van der Waals surface area contributed by atoms with Crippen molar-refractivity contribution >= 4 is 5.91 Å². The third-order valence-corrected chi connectivity index (χ3v) is 4.51. The molecule has 1 atom stereocenters. The molecule has 2 aromatic rings. The van der Waals surface area contributed by atoms with Gasteiger partial charge in [0, 0.05) is 31.5 Å². The minimum absolute atomic E-state index is 0.0381. The van der Waals surface area contributed by atoms with Crippen molar-refractivity contribution in [2.24, 2.45) is 0 Å². The molecule has 5 nitrogen and oxygen atoms in total. The summed E-state index contributed by atoms with van der Waals surface area (Å²) in [6.45, 7) is 4.08. The smallest absolute Gasteiger partial charge is 0.276 e. The van der Waals surface area contributed by atoms with Gasteiger partial charge in [0.15, 0.2) is 5.69 Å². The van der Waals surface area contributed by atoms with Crippen LogP contribution in [0.4, 0.5) is 0 Å². The van der Waals surface area contributed by atoms with Crippen LogP contribution in [0.1, 0.15) is 39.7 Å².